The average Bonchev–Trinajstić information content (AvgIpc) is 3.54. The summed E-state index contributed by atoms with van der Waals surface area (Å²) >= 11 is 0. The molecule has 1 heterocycles. The molecule has 199 valence electrons. The number of halogens is 2. The zero-order valence-electron chi connectivity index (χ0n) is 21.3. The molecule has 1 saturated carbocycles. The molecule has 1 aromatic carbocycles. The molecule has 1 fully saturated rings. The molecule has 0 saturated heterocycles. The lowest BCUT2D eigenvalue weighted by Crippen LogP contribution is -2.40. The van der Waals surface area contributed by atoms with Crippen LogP contribution in [0.3, 0.4) is 0 Å². The van der Waals surface area contributed by atoms with E-state index in [0.717, 1.165) is 12.8 Å². The summed E-state index contributed by atoms with van der Waals surface area (Å²) in [7, 11) is 1.72. The Morgan fingerprint density at radius 2 is 2.03 bits per heavy atom. The van der Waals surface area contributed by atoms with Gasteiger partial charge in [0, 0.05) is 19.2 Å². The van der Waals surface area contributed by atoms with E-state index >= 15 is 0 Å². The van der Waals surface area contributed by atoms with Crippen molar-refractivity contribution in [3.63, 3.8) is 0 Å². The Kier molecular flexibility index (Phi) is 8.52. The fourth-order valence-corrected chi connectivity index (χ4v) is 3.70. The summed E-state index contributed by atoms with van der Waals surface area (Å²) in [6, 6.07) is 3.91. The van der Waals surface area contributed by atoms with E-state index in [2.05, 4.69) is 17.0 Å². The maximum absolute atomic E-state index is 12.9. The van der Waals surface area contributed by atoms with Crippen molar-refractivity contribution in [1.29, 1.82) is 0 Å². The third kappa shape index (κ3) is 6.92. The first-order valence-corrected chi connectivity index (χ1v) is 11.8. The molecule has 0 unspecified atom stereocenters. The van der Waals surface area contributed by atoms with Gasteiger partial charge in [0.15, 0.2) is 29.3 Å². The average molecular weight is 511 g/mol. The van der Waals surface area contributed by atoms with Crippen molar-refractivity contribution >= 4 is 12.5 Å². The van der Waals surface area contributed by atoms with Crippen LogP contribution in [0.1, 0.15) is 52.3 Å². The Morgan fingerprint density at radius 3 is 2.58 bits per heavy atom. The molecule has 1 aliphatic carbocycles. The van der Waals surface area contributed by atoms with Crippen LogP contribution in [-0.2, 0) is 14.3 Å². The van der Waals surface area contributed by atoms with Crippen molar-refractivity contribution in [3.8, 4) is 11.5 Å². The van der Waals surface area contributed by atoms with E-state index in [-0.39, 0.29) is 18.0 Å². The van der Waals surface area contributed by atoms with Crippen molar-refractivity contribution < 1.29 is 37.3 Å². The van der Waals surface area contributed by atoms with Gasteiger partial charge < -0.3 is 29.2 Å². The Morgan fingerprint density at radius 1 is 1.33 bits per heavy atom. The Labute approximate surface area is 210 Å². The van der Waals surface area contributed by atoms with Gasteiger partial charge in [-0.1, -0.05) is 0 Å². The molecule has 2 atom stereocenters. The second-order valence-corrected chi connectivity index (χ2v) is 9.77. The van der Waals surface area contributed by atoms with E-state index in [9.17, 15) is 18.4 Å². The molecule has 0 bridgehead atoms. The number of benzene rings is 1. The van der Waals surface area contributed by atoms with Gasteiger partial charge in [-0.3, -0.25) is 9.69 Å². The minimum atomic E-state index is -3.00. The molecular weight excluding hydrogens is 476 g/mol. The molecule has 1 aromatic rings. The van der Waals surface area contributed by atoms with E-state index in [4.69, 9.17) is 14.2 Å². The first-order valence-electron chi connectivity index (χ1n) is 11.8. The van der Waals surface area contributed by atoms with Crippen LogP contribution < -0.4 is 14.8 Å². The van der Waals surface area contributed by atoms with Gasteiger partial charge in [0.2, 0.25) is 6.41 Å². The van der Waals surface area contributed by atoms with Gasteiger partial charge in [-0.2, -0.15) is 8.78 Å². The van der Waals surface area contributed by atoms with Crippen molar-refractivity contribution in [3.05, 3.63) is 42.3 Å². The van der Waals surface area contributed by atoms with Gasteiger partial charge in [0.25, 0.3) is 0 Å². The minimum absolute atomic E-state index is 0.0734. The maximum Gasteiger partial charge on any atom is 0.408 e. The molecule has 2 aliphatic rings. The van der Waals surface area contributed by atoms with Crippen molar-refractivity contribution in [2.75, 3.05) is 20.2 Å². The van der Waals surface area contributed by atoms with Crippen molar-refractivity contribution in [2.45, 2.75) is 65.0 Å². The monoisotopic (exact) mass is 510 g/mol. The molecule has 0 aromatic heterocycles. The predicted octanol–water partition coefficient (Wildman–Crippen LogP) is 4.41. The molecule has 9 nitrogen and oxygen atoms in total. The number of nitrogens with one attached hydrogen (secondary N) is 1. The number of alkyl halides is 2. The lowest BCUT2D eigenvalue weighted by molar-refractivity contribution is -0.117. The number of rotatable bonds is 11. The zero-order chi connectivity index (χ0) is 26.6. The number of nitrogens with zero attached hydrogens (tertiary/aromatic N) is 2. The fourth-order valence-electron chi connectivity index (χ4n) is 3.70. The summed E-state index contributed by atoms with van der Waals surface area (Å²) < 4.78 is 47.9. The number of ether oxygens (including phenoxy) is 4. The van der Waals surface area contributed by atoms with Crippen LogP contribution in [0.4, 0.5) is 13.6 Å². The molecule has 0 spiro atoms. The van der Waals surface area contributed by atoms with E-state index in [1.165, 1.54) is 11.0 Å². The van der Waals surface area contributed by atoms with Crippen LogP contribution in [0.15, 0.2) is 29.8 Å². The quantitative estimate of drug-likeness (QED) is 0.441. The smallest absolute Gasteiger partial charge is 0.408 e. The summed E-state index contributed by atoms with van der Waals surface area (Å²) in [5.74, 6) is 1.22. The highest BCUT2D eigenvalue weighted by Gasteiger charge is 2.38. The van der Waals surface area contributed by atoms with Crippen LogP contribution in [0, 0.1) is 12.8 Å². The maximum atomic E-state index is 12.9. The number of amides is 2. The molecule has 1 aliphatic heterocycles. The van der Waals surface area contributed by atoms with Gasteiger partial charge in [-0.15, -0.1) is 0 Å². The highest BCUT2D eigenvalue weighted by Crippen LogP contribution is 2.41. The van der Waals surface area contributed by atoms with Crippen LogP contribution in [0.25, 0.3) is 0 Å². The Balaban J connectivity index is 1.88. The largest absolute Gasteiger partial charge is 0.489 e. The molecule has 1 N–H and O–H groups in total. The van der Waals surface area contributed by atoms with Gasteiger partial charge in [-0.05, 0) is 71.6 Å². The summed E-state index contributed by atoms with van der Waals surface area (Å²) in [5, 5.41) is 2.72. The van der Waals surface area contributed by atoms with Crippen LogP contribution in [-0.4, -0.2) is 60.8 Å². The lowest BCUT2D eigenvalue weighted by atomic mass is 10.1. The van der Waals surface area contributed by atoms with E-state index < -0.39 is 30.6 Å². The minimum Gasteiger partial charge on any atom is -0.489 e. The molecule has 11 heteroatoms. The van der Waals surface area contributed by atoms with E-state index in [1.54, 1.807) is 51.8 Å². The number of carbonyl (C=O) groups excluding carboxylic acids is 2. The summed E-state index contributed by atoms with van der Waals surface area (Å²) in [6.07, 6.45) is 1.30. The first kappa shape index (κ1) is 27.3. The standard InChI is InChI=1S/C25H34F2N3O6/c1-7-30(14-31)21-20(15(2)28-24(32)36-25(3,4)5)35-22(29(21)6)17-10-11-18(34-23(26)27)19(12-17)33-13-16-8-9-16/h10-12,14-16,22-23H,1,7-9,13H2,2-6H3,(H,28,32)/t15-,22-/m0/s1. The third-order valence-corrected chi connectivity index (χ3v) is 5.55. The SMILES string of the molecule is [CH2]CN(C=O)C1=C([C@H](C)NC(=O)OC(C)(C)C)O[C@@H](c2ccc(OC(F)F)c(OCC3CC3)c2)N1C. The third-order valence-electron chi connectivity index (χ3n) is 5.55. The van der Waals surface area contributed by atoms with Gasteiger partial charge in [-0.25, -0.2) is 4.79 Å². The number of hydrogen-bond donors (Lipinski definition) is 1. The van der Waals surface area contributed by atoms with Crippen LogP contribution in [0.2, 0.25) is 0 Å². The Bertz CT molecular complexity index is 977. The van der Waals surface area contributed by atoms with Crippen LogP contribution >= 0.6 is 0 Å². The molecular formula is C25H34F2N3O6. The predicted molar refractivity (Wildman–Crippen MR) is 127 cm³/mol. The summed E-state index contributed by atoms with van der Waals surface area (Å²) in [6.45, 7) is 8.25. The van der Waals surface area contributed by atoms with Gasteiger partial charge in [0.1, 0.15) is 5.60 Å². The van der Waals surface area contributed by atoms with E-state index in [0.29, 0.717) is 36.1 Å². The van der Waals surface area contributed by atoms with Gasteiger partial charge >= 0.3 is 12.7 Å². The normalized spacial score (nSPS) is 18.6. The van der Waals surface area contributed by atoms with Crippen molar-refractivity contribution in [2.24, 2.45) is 5.92 Å². The number of alkyl carbamates (subject to hydrolysis) is 1. The molecule has 1 radical (unpaired) electrons. The zero-order valence-corrected chi connectivity index (χ0v) is 21.3. The lowest BCUT2D eigenvalue weighted by Gasteiger charge is -2.27. The summed E-state index contributed by atoms with van der Waals surface area (Å²) in [4.78, 5) is 27.2. The second kappa shape index (κ2) is 11.2. The fraction of sp³-hybridized carbons (Fsp3) is 0.560. The highest BCUT2D eigenvalue weighted by atomic mass is 19.3. The van der Waals surface area contributed by atoms with Gasteiger partial charge in [0.05, 0.1) is 12.6 Å². The second-order valence-electron chi connectivity index (χ2n) is 9.77. The van der Waals surface area contributed by atoms with Crippen LogP contribution in [0.5, 0.6) is 11.5 Å². The number of carbonyl (C=O) groups is 2. The summed E-state index contributed by atoms with van der Waals surface area (Å²) in [5.41, 5.74) is -0.116. The highest BCUT2D eigenvalue weighted by molar-refractivity contribution is 5.68. The van der Waals surface area contributed by atoms with Crippen molar-refractivity contribution in [1.82, 2.24) is 15.1 Å². The number of hydrogen-bond acceptors (Lipinski definition) is 7. The Hall–Kier alpha value is -3.24. The topological polar surface area (TPSA) is 89.6 Å². The molecule has 36 heavy (non-hydrogen) atoms. The first-order chi connectivity index (χ1) is 16.9. The molecule has 2 amide bonds. The molecule has 3 rings (SSSR count). The van der Waals surface area contributed by atoms with E-state index in [1.807, 2.05) is 0 Å².